The number of hydrogen-bond donors (Lipinski definition) is 1. The van der Waals surface area contributed by atoms with Gasteiger partial charge in [-0.15, -0.1) is 11.3 Å². The van der Waals surface area contributed by atoms with Crippen molar-refractivity contribution in [3.63, 3.8) is 0 Å². The van der Waals surface area contributed by atoms with E-state index in [2.05, 4.69) is 33.8 Å². The summed E-state index contributed by atoms with van der Waals surface area (Å²) in [4.78, 5) is 27.2. The maximum atomic E-state index is 13.6. The average Bonchev–Trinajstić information content (AvgIpc) is 3.19. The van der Waals surface area contributed by atoms with Gasteiger partial charge in [0.1, 0.15) is 16.1 Å². The first-order valence-electron chi connectivity index (χ1n) is 13.1. The summed E-state index contributed by atoms with van der Waals surface area (Å²) in [6.07, 6.45) is 1.80. The van der Waals surface area contributed by atoms with Crippen LogP contribution < -0.4 is 20.5 Å². The van der Waals surface area contributed by atoms with E-state index in [4.69, 9.17) is 10.5 Å². The van der Waals surface area contributed by atoms with Gasteiger partial charge >= 0.3 is 5.97 Å². The molecule has 0 amide bonds. The van der Waals surface area contributed by atoms with E-state index in [9.17, 15) is 14.9 Å². The Morgan fingerprint density at radius 2 is 1.56 bits per heavy atom. The molecule has 3 aromatic rings. The number of carbonyl (C=O) groups is 1. The Kier molecular flexibility index (Phi) is 7.72. The van der Waals surface area contributed by atoms with E-state index >= 15 is 0 Å². The fourth-order valence-electron chi connectivity index (χ4n) is 4.62. The molecule has 0 spiro atoms. The third-order valence-corrected chi connectivity index (χ3v) is 7.83. The molecule has 39 heavy (non-hydrogen) atoms. The van der Waals surface area contributed by atoms with Crippen LogP contribution in [0.5, 0.6) is 0 Å². The van der Waals surface area contributed by atoms with Gasteiger partial charge in [-0.25, -0.2) is 4.79 Å². The van der Waals surface area contributed by atoms with Crippen molar-refractivity contribution in [2.45, 2.75) is 71.8 Å². The largest absolute Gasteiger partial charge is 0.456 e. The molecule has 1 aromatic heterocycles. The minimum atomic E-state index is -0.788. The molecular weight excluding hydrogens is 506 g/mol. The molecule has 1 aliphatic heterocycles. The summed E-state index contributed by atoms with van der Waals surface area (Å²) in [6.45, 7) is 13.8. The number of hydrogen-bond acceptors (Lipinski definition) is 6. The van der Waals surface area contributed by atoms with E-state index in [0.29, 0.717) is 26.6 Å². The maximum Gasteiger partial charge on any atom is 0.339 e. The van der Waals surface area contributed by atoms with Crippen LogP contribution in [0.3, 0.4) is 0 Å². The Morgan fingerprint density at radius 1 is 1.03 bits per heavy atom. The van der Waals surface area contributed by atoms with Crippen LogP contribution in [0.4, 0.5) is 0 Å². The third kappa shape index (κ3) is 5.62. The monoisotopic (exact) mass is 541 g/mol. The number of ether oxygens (including phenoxy) is 1. The molecule has 1 atom stereocenters. The number of aromatic nitrogens is 1. The number of nitriles is 1. The molecule has 0 bridgehead atoms. The lowest BCUT2D eigenvalue weighted by molar-refractivity contribution is -0.150. The molecular formula is C32H35N3O3S. The Labute approximate surface area is 233 Å². The van der Waals surface area contributed by atoms with Gasteiger partial charge in [0, 0.05) is 0 Å². The molecule has 0 radical (unpaired) electrons. The van der Waals surface area contributed by atoms with Gasteiger partial charge in [-0.1, -0.05) is 76.2 Å². The van der Waals surface area contributed by atoms with Crippen LogP contribution in [0.1, 0.15) is 88.5 Å². The normalized spacial score (nSPS) is 16.1. The van der Waals surface area contributed by atoms with Gasteiger partial charge < -0.3 is 10.5 Å². The Bertz CT molecular complexity index is 1660. The van der Waals surface area contributed by atoms with Crippen molar-refractivity contribution in [2.75, 3.05) is 0 Å². The highest BCUT2D eigenvalue weighted by atomic mass is 32.1. The molecule has 0 saturated heterocycles. The first-order chi connectivity index (χ1) is 18.3. The quantitative estimate of drug-likeness (QED) is 0.462. The highest BCUT2D eigenvalue weighted by Gasteiger charge is 2.38. The number of nitrogens with zero attached hydrogens (tertiary/aromatic N) is 2. The van der Waals surface area contributed by atoms with E-state index in [1.54, 1.807) is 26.8 Å². The molecule has 6 nitrogen and oxygen atoms in total. The number of esters is 1. The van der Waals surface area contributed by atoms with E-state index in [1.807, 2.05) is 48.5 Å². The van der Waals surface area contributed by atoms with Crippen molar-refractivity contribution >= 4 is 34.8 Å². The molecule has 0 aliphatic carbocycles. The number of benzene rings is 2. The van der Waals surface area contributed by atoms with Crippen molar-refractivity contribution in [3.05, 3.63) is 95.9 Å². The van der Waals surface area contributed by atoms with Crippen LogP contribution >= 0.6 is 11.3 Å². The van der Waals surface area contributed by atoms with Gasteiger partial charge in [0.2, 0.25) is 0 Å². The Hall–Kier alpha value is -3.89. The highest BCUT2D eigenvalue weighted by Crippen LogP contribution is 2.37. The van der Waals surface area contributed by atoms with Crippen LogP contribution in [0.2, 0.25) is 0 Å². The molecule has 202 valence electrons. The summed E-state index contributed by atoms with van der Waals surface area (Å²) in [6, 6.07) is 18.1. The minimum Gasteiger partial charge on any atom is -0.456 e. The lowest BCUT2D eigenvalue weighted by Gasteiger charge is -2.28. The predicted octanol–water partition coefficient (Wildman–Crippen LogP) is 4.93. The zero-order valence-electron chi connectivity index (χ0n) is 23.5. The number of nitrogens with two attached hydrogens (primary N) is 1. The lowest BCUT2D eigenvalue weighted by atomic mass is 9.83. The van der Waals surface area contributed by atoms with Crippen LogP contribution in [-0.2, 0) is 9.53 Å². The second-order valence-corrected chi connectivity index (χ2v) is 12.5. The molecule has 2 heterocycles. The third-order valence-electron chi connectivity index (χ3n) is 6.72. The van der Waals surface area contributed by atoms with Crippen molar-refractivity contribution in [1.82, 2.24) is 4.57 Å². The lowest BCUT2D eigenvalue weighted by Crippen LogP contribution is -2.41. The average molecular weight is 542 g/mol. The second-order valence-electron chi connectivity index (χ2n) is 11.5. The first-order valence-corrected chi connectivity index (χ1v) is 13.9. The second kappa shape index (κ2) is 10.7. The number of thiazole rings is 1. The summed E-state index contributed by atoms with van der Waals surface area (Å²) >= 11 is 1.21. The van der Waals surface area contributed by atoms with E-state index in [1.165, 1.54) is 21.5 Å². The SMILES string of the molecule is CC(C)c1ccc(C=c2sc3n(c2=O)C(N)=C(C(=O)OC(C)(C)C)C(c2ccc(C(C)C)cc2)C=3C#N)cc1. The van der Waals surface area contributed by atoms with Gasteiger partial charge in [0.15, 0.2) is 0 Å². The van der Waals surface area contributed by atoms with Crippen LogP contribution in [0.15, 0.2) is 58.9 Å². The van der Waals surface area contributed by atoms with Gasteiger partial charge in [-0.2, -0.15) is 5.26 Å². The Morgan fingerprint density at radius 3 is 2.05 bits per heavy atom. The van der Waals surface area contributed by atoms with Crippen molar-refractivity contribution in [3.8, 4) is 6.07 Å². The highest BCUT2D eigenvalue weighted by molar-refractivity contribution is 7.07. The van der Waals surface area contributed by atoms with Crippen LogP contribution in [-0.4, -0.2) is 16.1 Å². The van der Waals surface area contributed by atoms with Crippen LogP contribution in [0.25, 0.3) is 17.5 Å². The number of fused-ring (bicyclic) bond motifs is 1. The number of rotatable bonds is 5. The summed E-state index contributed by atoms with van der Waals surface area (Å²) in [5.41, 5.74) is 9.78. The zero-order chi connectivity index (χ0) is 28.6. The van der Waals surface area contributed by atoms with Gasteiger partial charge in [-0.3, -0.25) is 9.36 Å². The zero-order valence-corrected chi connectivity index (χ0v) is 24.3. The summed E-state index contributed by atoms with van der Waals surface area (Å²) in [5, 5.41) is 10.4. The van der Waals surface area contributed by atoms with Crippen LogP contribution in [0, 0.1) is 11.3 Å². The molecule has 4 rings (SSSR count). The maximum absolute atomic E-state index is 13.6. The molecule has 2 aromatic carbocycles. The fraction of sp³-hybridized carbons (Fsp3) is 0.344. The molecule has 1 unspecified atom stereocenters. The van der Waals surface area contributed by atoms with E-state index in [-0.39, 0.29) is 17.0 Å². The summed E-state index contributed by atoms with van der Waals surface area (Å²) in [7, 11) is 0. The van der Waals surface area contributed by atoms with E-state index in [0.717, 1.165) is 16.7 Å². The van der Waals surface area contributed by atoms with Gasteiger partial charge in [-0.05, 0) is 60.9 Å². The van der Waals surface area contributed by atoms with Crippen molar-refractivity contribution in [1.29, 1.82) is 5.26 Å². The molecule has 0 saturated carbocycles. The van der Waals surface area contributed by atoms with Crippen molar-refractivity contribution in [2.24, 2.45) is 5.73 Å². The fourth-order valence-corrected chi connectivity index (χ4v) is 5.75. The smallest absolute Gasteiger partial charge is 0.339 e. The van der Waals surface area contributed by atoms with Gasteiger partial charge in [0.05, 0.1) is 27.7 Å². The standard InChI is InChI=1S/C32H35N3O3S/c1-18(2)21-10-8-20(9-11-21)16-25-29(36)35-28(34)27(31(37)38-32(5,6)7)26(24(17-33)30(35)39-25)23-14-12-22(13-15-23)19(3)4/h8-16,18-19,26H,34H2,1-7H3. The first kappa shape index (κ1) is 28.1. The molecule has 1 aliphatic rings. The summed E-state index contributed by atoms with van der Waals surface area (Å²) in [5.74, 6) is -0.695. The number of carbonyl (C=O) groups excluding carboxylic acids is 1. The summed E-state index contributed by atoms with van der Waals surface area (Å²) < 4.78 is 7.86. The van der Waals surface area contributed by atoms with Crippen molar-refractivity contribution < 1.29 is 9.53 Å². The molecule has 7 heteroatoms. The van der Waals surface area contributed by atoms with E-state index < -0.39 is 17.5 Å². The topological polar surface area (TPSA) is 98.1 Å². The molecule has 2 N–H and O–H groups in total. The van der Waals surface area contributed by atoms with Gasteiger partial charge in [0.25, 0.3) is 5.56 Å². The molecule has 0 fully saturated rings. The predicted molar refractivity (Wildman–Crippen MR) is 157 cm³/mol. The Balaban J connectivity index is 1.99. The minimum absolute atomic E-state index is 0.00718.